The first-order valence-corrected chi connectivity index (χ1v) is 10.9. The van der Waals surface area contributed by atoms with Crippen LogP contribution in [0.5, 0.6) is 5.75 Å². The zero-order valence-corrected chi connectivity index (χ0v) is 17.5. The van der Waals surface area contributed by atoms with Gasteiger partial charge in [-0.15, -0.1) is 0 Å². The average molecular weight is 426 g/mol. The molecule has 1 aromatic heterocycles. The minimum atomic E-state index is -3.67. The van der Waals surface area contributed by atoms with E-state index in [1.54, 1.807) is 56.6 Å². The molecule has 0 amide bonds. The third-order valence-corrected chi connectivity index (χ3v) is 6.99. The van der Waals surface area contributed by atoms with Gasteiger partial charge in [0.1, 0.15) is 5.75 Å². The number of rotatable bonds is 5. The minimum absolute atomic E-state index is 0.0449. The van der Waals surface area contributed by atoms with Gasteiger partial charge in [0.2, 0.25) is 16.0 Å². The Morgan fingerprint density at radius 2 is 1.77 bits per heavy atom. The summed E-state index contributed by atoms with van der Waals surface area (Å²) in [5.41, 5.74) is 1.32. The van der Waals surface area contributed by atoms with Gasteiger partial charge in [0, 0.05) is 19.2 Å². The van der Waals surface area contributed by atoms with Crippen molar-refractivity contribution in [1.82, 2.24) is 13.9 Å². The van der Waals surface area contributed by atoms with Crippen LogP contribution in [0.25, 0.3) is 5.69 Å². The molecule has 4 rings (SSSR count). The fourth-order valence-electron chi connectivity index (χ4n) is 3.62. The van der Waals surface area contributed by atoms with E-state index in [9.17, 15) is 13.2 Å². The second-order valence-electron chi connectivity index (χ2n) is 6.82. The lowest BCUT2D eigenvalue weighted by molar-refractivity contribution is 0.382. The Bertz CT molecular complexity index is 1240. The number of hydrogen-bond acceptors (Lipinski definition) is 6. The van der Waals surface area contributed by atoms with E-state index in [1.165, 1.54) is 8.87 Å². The third-order valence-electron chi connectivity index (χ3n) is 5.13. The van der Waals surface area contributed by atoms with Crippen LogP contribution < -0.4 is 15.6 Å². The number of aromatic nitrogens is 2. The van der Waals surface area contributed by atoms with Crippen LogP contribution in [0.3, 0.4) is 0 Å². The summed E-state index contributed by atoms with van der Waals surface area (Å²) in [6, 6.07) is 15.5. The molecule has 2 aromatic carbocycles. The molecule has 8 nitrogen and oxygen atoms in total. The summed E-state index contributed by atoms with van der Waals surface area (Å²) < 4.78 is 34.2. The summed E-state index contributed by atoms with van der Waals surface area (Å²) in [6.45, 7) is 0.259. The van der Waals surface area contributed by atoms with Gasteiger partial charge in [0.15, 0.2) is 0 Å². The van der Waals surface area contributed by atoms with E-state index in [1.807, 2.05) is 12.1 Å². The van der Waals surface area contributed by atoms with E-state index in [2.05, 4.69) is 10.3 Å². The predicted octanol–water partition coefficient (Wildman–Crippen LogP) is 2.03. The van der Waals surface area contributed by atoms with Crippen molar-refractivity contribution in [3.8, 4) is 11.4 Å². The summed E-state index contributed by atoms with van der Waals surface area (Å²) >= 11 is 0. The highest BCUT2D eigenvalue weighted by Crippen LogP contribution is 2.27. The van der Waals surface area contributed by atoms with Gasteiger partial charge in [-0.3, -0.25) is 4.79 Å². The molecule has 0 saturated heterocycles. The monoisotopic (exact) mass is 426 g/mol. The van der Waals surface area contributed by atoms with Crippen molar-refractivity contribution in [2.45, 2.75) is 17.9 Å². The largest absolute Gasteiger partial charge is 0.495 e. The van der Waals surface area contributed by atoms with E-state index >= 15 is 0 Å². The highest BCUT2D eigenvalue weighted by Gasteiger charge is 2.31. The first kappa shape index (κ1) is 20.1. The molecule has 0 saturated carbocycles. The summed E-state index contributed by atoms with van der Waals surface area (Å²) in [7, 11) is -0.455. The van der Waals surface area contributed by atoms with E-state index in [4.69, 9.17) is 4.74 Å². The number of ether oxygens (including phenoxy) is 1. The van der Waals surface area contributed by atoms with Crippen LogP contribution in [0, 0.1) is 0 Å². The number of methoxy groups -OCH3 is 1. The van der Waals surface area contributed by atoms with Crippen molar-refractivity contribution >= 4 is 16.0 Å². The van der Waals surface area contributed by atoms with Crippen molar-refractivity contribution in [1.29, 1.82) is 0 Å². The fourth-order valence-corrected chi connectivity index (χ4v) is 5.04. The minimum Gasteiger partial charge on any atom is -0.495 e. The molecule has 1 aliphatic rings. The molecule has 0 fully saturated rings. The van der Waals surface area contributed by atoms with Crippen LogP contribution >= 0.6 is 0 Å². The summed E-state index contributed by atoms with van der Waals surface area (Å²) in [5, 5.41) is 2.95. The van der Waals surface area contributed by atoms with Crippen LogP contribution in [-0.4, -0.2) is 43.0 Å². The van der Waals surface area contributed by atoms with Gasteiger partial charge in [-0.1, -0.05) is 30.3 Å². The van der Waals surface area contributed by atoms with Crippen molar-refractivity contribution in [3.05, 3.63) is 76.2 Å². The second-order valence-corrected chi connectivity index (χ2v) is 8.76. The predicted molar refractivity (Wildman–Crippen MR) is 114 cm³/mol. The average Bonchev–Trinajstić information content (AvgIpc) is 2.79. The zero-order valence-electron chi connectivity index (χ0n) is 16.7. The van der Waals surface area contributed by atoms with Gasteiger partial charge >= 0.3 is 0 Å². The number of anilines is 1. The molecule has 1 aliphatic heterocycles. The number of fused-ring (bicyclic) bond motifs is 1. The van der Waals surface area contributed by atoms with E-state index < -0.39 is 10.0 Å². The maximum absolute atomic E-state index is 13.3. The van der Waals surface area contributed by atoms with Crippen LogP contribution in [0.1, 0.15) is 11.3 Å². The van der Waals surface area contributed by atoms with Crippen molar-refractivity contribution < 1.29 is 13.2 Å². The molecule has 0 bridgehead atoms. The first-order chi connectivity index (χ1) is 14.5. The van der Waals surface area contributed by atoms with Crippen molar-refractivity contribution in [2.24, 2.45) is 0 Å². The second kappa shape index (κ2) is 7.92. The third kappa shape index (κ3) is 3.35. The Morgan fingerprint density at radius 3 is 2.47 bits per heavy atom. The number of sulfonamides is 1. The lowest BCUT2D eigenvalue weighted by atomic mass is 10.1. The van der Waals surface area contributed by atoms with Gasteiger partial charge < -0.3 is 10.1 Å². The van der Waals surface area contributed by atoms with Gasteiger partial charge in [-0.25, -0.2) is 18.0 Å². The molecule has 156 valence electrons. The number of nitrogens with one attached hydrogen (secondary N) is 1. The molecule has 3 aromatic rings. The fraction of sp³-hybridized carbons (Fsp3) is 0.238. The molecule has 30 heavy (non-hydrogen) atoms. The van der Waals surface area contributed by atoms with Gasteiger partial charge in [0.25, 0.3) is 5.56 Å². The first-order valence-electron chi connectivity index (χ1n) is 9.48. The van der Waals surface area contributed by atoms with Gasteiger partial charge in [-0.2, -0.15) is 4.31 Å². The van der Waals surface area contributed by atoms with Crippen molar-refractivity contribution in [2.75, 3.05) is 26.0 Å². The van der Waals surface area contributed by atoms with E-state index in [-0.39, 0.29) is 30.0 Å². The maximum Gasteiger partial charge on any atom is 0.263 e. The summed E-state index contributed by atoms with van der Waals surface area (Å²) in [4.78, 5) is 18.2. The van der Waals surface area contributed by atoms with Crippen LogP contribution in [0.2, 0.25) is 0 Å². The Labute approximate surface area is 174 Å². The Morgan fingerprint density at radius 1 is 1.07 bits per heavy atom. The molecule has 1 N–H and O–H groups in total. The topological polar surface area (TPSA) is 93.5 Å². The molecule has 0 radical (unpaired) electrons. The Balaban J connectivity index is 1.79. The summed E-state index contributed by atoms with van der Waals surface area (Å²) in [6.07, 6.45) is 0.284. The lowest BCUT2D eigenvalue weighted by Gasteiger charge is -2.28. The number of para-hydroxylation sites is 2. The maximum atomic E-state index is 13.3. The molecule has 0 aliphatic carbocycles. The summed E-state index contributed by atoms with van der Waals surface area (Å²) in [5.74, 6) is 0.865. The molecular formula is C21H22N4O4S. The molecule has 2 heterocycles. The normalized spacial score (nSPS) is 14.2. The van der Waals surface area contributed by atoms with Gasteiger partial charge in [-0.05, 0) is 30.7 Å². The standard InChI is InChI=1S/C21H22N4O4S/c1-22-21-23-17-14-24(30(27,28)15-8-4-3-5-9-15)13-12-16(17)20(26)25(21)18-10-6-7-11-19(18)29-2/h3-11H,12-14H2,1-2H3,(H,22,23). The molecule has 0 atom stereocenters. The zero-order chi connectivity index (χ0) is 21.3. The number of benzene rings is 2. The Kier molecular flexibility index (Phi) is 5.31. The number of hydrogen-bond donors (Lipinski definition) is 1. The van der Waals surface area contributed by atoms with Crippen LogP contribution in [-0.2, 0) is 23.0 Å². The number of nitrogens with zero attached hydrogens (tertiary/aromatic N) is 3. The van der Waals surface area contributed by atoms with Crippen molar-refractivity contribution in [3.63, 3.8) is 0 Å². The van der Waals surface area contributed by atoms with Crippen LogP contribution in [0.4, 0.5) is 5.95 Å². The molecular weight excluding hydrogens is 404 g/mol. The highest BCUT2D eigenvalue weighted by molar-refractivity contribution is 7.89. The Hall–Kier alpha value is -3.17. The molecule has 0 unspecified atom stereocenters. The molecule has 9 heteroatoms. The van der Waals surface area contributed by atoms with Crippen LogP contribution in [0.15, 0.2) is 64.3 Å². The lowest BCUT2D eigenvalue weighted by Crippen LogP contribution is -2.40. The van der Waals surface area contributed by atoms with E-state index in [0.29, 0.717) is 28.6 Å². The molecule has 0 spiro atoms. The van der Waals surface area contributed by atoms with Gasteiger partial charge in [0.05, 0.1) is 29.9 Å². The smallest absolute Gasteiger partial charge is 0.263 e. The highest BCUT2D eigenvalue weighted by atomic mass is 32.2. The van der Waals surface area contributed by atoms with E-state index in [0.717, 1.165) is 0 Å². The SMILES string of the molecule is CNc1nc2c(c(=O)n1-c1ccccc1OC)CCN(S(=O)(=O)c1ccccc1)C2. The quantitative estimate of drug-likeness (QED) is 0.671.